The number of fused-ring (bicyclic) bond motifs is 1. The van der Waals surface area contributed by atoms with Crippen LogP contribution in [0.1, 0.15) is 38.7 Å². The minimum absolute atomic E-state index is 0.0295. The number of pyridine rings is 2. The quantitative estimate of drug-likeness (QED) is 0.530. The van der Waals surface area contributed by atoms with E-state index in [1.165, 1.54) is 11.3 Å². The number of amides is 2. The molecule has 0 aliphatic carbocycles. The van der Waals surface area contributed by atoms with Crippen molar-refractivity contribution >= 4 is 39.2 Å². The summed E-state index contributed by atoms with van der Waals surface area (Å²) in [5.74, 6) is -0.175. The van der Waals surface area contributed by atoms with E-state index in [2.05, 4.69) is 15.3 Å². The molecular weight excluding hydrogens is 410 g/mol. The zero-order valence-corrected chi connectivity index (χ0v) is 17.4. The Hall–Kier alpha value is -3.65. The summed E-state index contributed by atoms with van der Waals surface area (Å²) in [5.41, 5.74) is 2.73. The van der Waals surface area contributed by atoms with Gasteiger partial charge in [-0.2, -0.15) is 0 Å². The Balaban J connectivity index is 1.44. The number of carbonyl (C=O) groups excluding carboxylic acids is 2. The molecule has 5 rings (SSSR count). The van der Waals surface area contributed by atoms with Gasteiger partial charge in [0.05, 0.1) is 16.6 Å². The van der Waals surface area contributed by atoms with Gasteiger partial charge in [0.15, 0.2) is 5.13 Å². The number of benzene rings is 1. The van der Waals surface area contributed by atoms with Gasteiger partial charge in [0.1, 0.15) is 0 Å². The van der Waals surface area contributed by atoms with Gasteiger partial charge in [0.25, 0.3) is 11.8 Å². The van der Waals surface area contributed by atoms with Gasteiger partial charge in [-0.15, -0.1) is 11.3 Å². The summed E-state index contributed by atoms with van der Waals surface area (Å²) in [7, 11) is 0. The van der Waals surface area contributed by atoms with Crippen LogP contribution in [0, 0.1) is 0 Å². The molecule has 1 saturated heterocycles. The molecular formula is C23H19N5O2S. The van der Waals surface area contributed by atoms with Gasteiger partial charge >= 0.3 is 0 Å². The molecule has 1 aliphatic rings. The van der Waals surface area contributed by atoms with Crippen molar-refractivity contribution in [3.63, 3.8) is 0 Å². The minimum atomic E-state index is -0.212. The number of para-hydroxylation sites is 1. The lowest BCUT2D eigenvalue weighted by molar-refractivity contribution is 0.0790. The number of thiazole rings is 1. The third-order valence-corrected chi connectivity index (χ3v) is 6.12. The molecule has 0 bridgehead atoms. The van der Waals surface area contributed by atoms with Crippen LogP contribution in [0.15, 0.2) is 66.4 Å². The van der Waals surface area contributed by atoms with E-state index >= 15 is 0 Å². The summed E-state index contributed by atoms with van der Waals surface area (Å²) in [6.07, 6.45) is 5.69. The minimum Gasteiger partial charge on any atom is -0.338 e. The molecule has 1 aliphatic heterocycles. The Bertz CT molecular complexity index is 1240. The van der Waals surface area contributed by atoms with Crippen LogP contribution in [0.2, 0.25) is 0 Å². The summed E-state index contributed by atoms with van der Waals surface area (Å²) in [6.45, 7) is 1.21. The maximum atomic E-state index is 13.0. The van der Waals surface area contributed by atoms with E-state index in [4.69, 9.17) is 4.98 Å². The maximum absolute atomic E-state index is 13.0. The molecule has 8 heteroatoms. The van der Waals surface area contributed by atoms with Crippen molar-refractivity contribution in [3.8, 4) is 0 Å². The molecule has 1 fully saturated rings. The highest BCUT2D eigenvalue weighted by molar-refractivity contribution is 7.13. The predicted molar refractivity (Wildman–Crippen MR) is 119 cm³/mol. The van der Waals surface area contributed by atoms with E-state index in [-0.39, 0.29) is 17.7 Å². The topological polar surface area (TPSA) is 88.1 Å². The van der Waals surface area contributed by atoms with Crippen molar-refractivity contribution in [1.82, 2.24) is 19.9 Å². The zero-order valence-electron chi connectivity index (χ0n) is 16.6. The Kier molecular flexibility index (Phi) is 5.13. The van der Waals surface area contributed by atoms with Gasteiger partial charge in [0, 0.05) is 54.1 Å². The number of rotatable bonds is 4. The molecule has 1 aromatic carbocycles. The normalized spacial score (nSPS) is 15.9. The first-order chi connectivity index (χ1) is 15.2. The number of likely N-dealkylation sites (tertiary alicyclic amines) is 1. The van der Waals surface area contributed by atoms with Gasteiger partial charge in [-0.05, 0) is 30.7 Å². The Morgan fingerprint density at radius 3 is 2.84 bits per heavy atom. The molecule has 0 saturated carbocycles. The largest absolute Gasteiger partial charge is 0.338 e. The molecule has 3 aromatic heterocycles. The van der Waals surface area contributed by atoms with E-state index in [0.29, 0.717) is 29.3 Å². The Morgan fingerprint density at radius 2 is 2.03 bits per heavy atom. The molecule has 4 aromatic rings. The smallest absolute Gasteiger partial charge is 0.258 e. The highest BCUT2D eigenvalue weighted by atomic mass is 32.1. The first-order valence-corrected chi connectivity index (χ1v) is 10.9. The van der Waals surface area contributed by atoms with Gasteiger partial charge < -0.3 is 4.90 Å². The van der Waals surface area contributed by atoms with Crippen LogP contribution in [0.5, 0.6) is 0 Å². The molecule has 154 valence electrons. The van der Waals surface area contributed by atoms with E-state index in [1.54, 1.807) is 30.7 Å². The van der Waals surface area contributed by atoms with E-state index in [9.17, 15) is 9.59 Å². The Morgan fingerprint density at radius 1 is 1.13 bits per heavy atom. The van der Waals surface area contributed by atoms with Crippen LogP contribution in [0.3, 0.4) is 0 Å². The standard InChI is InChI=1S/C23H19N5O2S/c29-21(27-23-25-9-11-31-23)18-12-20(26-19-6-2-1-5-17(18)19)16-7-10-28(14-16)22(30)15-4-3-8-24-13-15/h1-6,8-9,11-13,16H,7,10,14H2,(H,25,27,29)/t16-/m0/s1. The van der Waals surface area contributed by atoms with Crippen LogP contribution in [0.25, 0.3) is 10.9 Å². The maximum Gasteiger partial charge on any atom is 0.258 e. The number of aromatic nitrogens is 3. The van der Waals surface area contributed by atoms with Crippen molar-refractivity contribution in [2.45, 2.75) is 12.3 Å². The number of carbonyl (C=O) groups is 2. The molecule has 4 heterocycles. The average Bonchev–Trinajstić information content (AvgIpc) is 3.51. The Labute approximate surface area is 182 Å². The number of hydrogen-bond donors (Lipinski definition) is 1. The van der Waals surface area contributed by atoms with Crippen LogP contribution < -0.4 is 5.32 Å². The van der Waals surface area contributed by atoms with Crippen molar-refractivity contribution in [2.75, 3.05) is 18.4 Å². The molecule has 7 nitrogen and oxygen atoms in total. The molecule has 0 unspecified atom stereocenters. The van der Waals surface area contributed by atoms with Gasteiger partial charge in [-0.3, -0.25) is 24.9 Å². The summed E-state index contributed by atoms with van der Waals surface area (Å²) in [6, 6.07) is 13.0. The lowest BCUT2D eigenvalue weighted by Gasteiger charge is -2.17. The zero-order chi connectivity index (χ0) is 21.2. The number of nitrogens with one attached hydrogen (secondary N) is 1. The SMILES string of the molecule is O=C(Nc1nccs1)c1cc([C@H]2CCN(C(=O)c3cccnc3)C2)nc2ccccc12. The molecule has 1 N–H and O–H groups in total. The molecule has 0 spiro atoms. The predicted octanol–water partition coefficient (Wildman–Crippen LogP) is 3.97. The van der Waals surface area contributed by atoms with Crippen LogP contribution in [-0.2, 0) is 0 Å². The van der Waals surface area contributed by atoms with Crippen molar-refractivity contribution in [1.29, 1.82) is 0 Å². The fraction of sp³-hybridized carbons (Fsp3) is 0.174. The summed E-state index contributed by atoms with van der Waals surface area (Å²) in [5, 5.41) is 6.03. The monoisotopic (exact) mass is 429 g/mol. The number of anilines is 1. The van der Waals surface area contributed by atoms with Gasteiger partial charge in [0.2, 0.25) is 0 Å². The first-order valence-electron chi connectivity index (χ1n) is 9.99. The van der Waals surface area contributed by atoms with Gasteiger partial charge in [-0.25, -0.2) is 4.98 Å². The van der Waals surface area contributed by atoms with E-state index < -0.39 is 0 Å². The molecule has 1 atom stereocenters. The second-order valence-corrected chi connectivity index (χ2v) is 8.28. The summed E-state index contributed by atoms with van der Waals surface area (Å²) in [4.78, 5) is 40.6. The highest BCUT2D eigenvalue weighted by Gasteiger charge is 2.30. The average molecular weight is 430 g/mol. The fourth-order valence-electron chi connectivity index (χ4n) is 3.90. The summed E-state index contributed by atoms with van der Waals surface area (Å²) < 4.78 is 0. The van der Waals surface area contributed by atoms with E-state index in [1.807, 2.05) is 40.6 Å². The lowest BCUT2D eigenvalue weighted by atomic mass is 9.99. The summed E-state index contributed by atoms with van der Waals surface area (Å²) >= 11 is 1.37. The van der Waals surface area contributed by atoms with Gasteiger partial charge in [-0.1, -0.05) is 18.2 Å². The van der Waals surface area contributed by atoms with Crippen molar-refractivity contribution in [3.05, 3.63) is 83.3 Å². The second kappa shape index (κ2) is 8.23. The number of nitrogens with zero attached hydrogens (tertiary/aromatic N) is 4. The third-order valence-electron chi connectivity index (χ3n) is 5.44. The fourth-order valence-corrected chi connectivity index (χ4v) is 4.42. The molecule has 0 radical (unpaired) electrons. The van der Waals surface area contributed by atoms with Crippen LogP contribution >= 0.6 is 11.3 Å². The number of hydrogen-bond acceptors (Lipinski definition) is 6. The van der Waals surface area contributed by atoms with E-state index in [0.717, 1.165) is 23.0 Å². The first kappa shape index (κ1) is 19.3. The van der Waals surface area contributed by atoms with Crippen LogP contribution in [0.4, 0.5) is 5.13 Å². The lowest BCUT2D eigenvalue weighted by Crippen LogP contribution is -2.28. The second-order valence-electron chi connectivity index (χ2n) is 7.38. The highest BCUT2D eigenvalue weighted by Crippen LogP contribution is 2.30. The third kappa shape index (κ3) is 3.89. The molecule has 31 heavy (non-hydrogen) atoms. The van der Waals surface area contributed by atoms with Crippen molar-refractivity contribution < 1.29 is 9.59 Å². The van der Waals surface area contributed by atoms with Crippen molar-refractivity contribution in [2.24, 2.45) is 0 Å². The molecule has 2 amide bonds. The van der Waals surface area contributed by atoms with Crippen LogP contribution in [-0.4, -0.2) is 44.8 Å².